The van der Waals surface area contributed by atoms with Gasteiger partial charge in [0.25, 0.3) is 0 Å². The second-order valence-corrected chi connectivity index (χ2v) is 7.85. The van der Waals surface area contributed by atoms with Crippen molar-refractivity contribution in [3.05, 3.63) is 44.5 Å². The Bertz CT molecular complexity index is 933. The molecular formula is C18H22N4O2S. The summed E-state index contributed by atoms with van der Waals surface area (Å²) in [6.07, 6.45) is 9.33. The Morgan fingerprint density at radius 2 is 2.32 bits per heavy atom. The largest absolute Gasteiger partial charge is 0.359 e. The van der Waals surface area contributed by atoms with Gasteiger partial charge in [0.1, 0.15) is 5.69 Å². The molecule has 25 heavy (non-hydrogen) atoms. The molecule has 1 aliphatic carbocycles. The summed E-state index contributed by atoms with van der Waals surface area (Å²) in [5, 5.41) is 8.27. The number of rotatable bonds is 5. The molecule has 0 amide bonds. The Balaban J connectivity index is 1.56. The molecule has 0 saturated heterocycles. The molecule has 0 spiro atoms. The van der Waals surface area contributed by atoms with E-state index in [9.17, 15) is 4.79 Å². The van der Waals surface area contributed by atoms with E-state index in [-0.39, 0.29) is 4.87 Å². The molecule has 1 atom stereocenters. The predicted molar refractivity (Wildman–Crippen MR) is 96.8 cm³/mol. The predicted octanol–water partition coefficient (Wildman–Crippen LogP) is 3.25. The average molecular weight is 358 g/mol. The Morgan fingerprint density at radius 3 is 3.08 bits per heavy atom. The fourth-order valence-corrected chi connectivity index (χ4v) is 4.81. The Morgan fingerprint density at radius 1 is 1.44 bits per heavy atom. The van der Waals surface area contributed by atoms with Crippen molar-refractivity contribution >= 4 is 11.3 Å². The van der Waals surface area contributed by atoms with Crippen molar-refractivity contribution in [3.8, 4) is 11.3 Å². The van der Waals surface area contributed by atoms with Crippen LogP contribution in [0.4, 0.5) is 0 Å². The maximum Gasteiger partial charge on any atom is 0.307 e. The van der Waals surface area contributed by atoms with Gasteiger partial charge in [-0.05, 0) is 25.2 Å². The van der Waals surface area contributed by atoms with Crippen molar-refractivity contribution in [2.24, 2.45) is 13.0 Å². The lowest BCUT2D eigenvalue weighted by molar-refractivity contribution is 0.371. The minimum atomic E-state index is 0.112. The first-order chi connectivity index (χ1) is 12.1. The van der Waals surface area contributed by atoms with Gasteiger partial charge in [-0.2, -0.15) is 5.10 Å². The van der Waals surface area contributed by atoms with E-state index in [2.05, 4.69) is 17.2 Å². The van der Waals surface area contributed by atoms with E-state index in [4.69, 9.17) is 4.52 Å². The highest BCUT2D eigenvalue weighted by Crippen LogP contribution is 2.30. The van der Waals surface area contributed by atoms with E-state index in [0.717, 1.165) is 30.0 Å². The topological polar surface area (TPSA) is 65.8 Å². The number of thiazole rings is 1. The highest BCUT2D eigenvalue weighted by molar-refractivity contribution is 7.09. The molecular weight excluding hydrogens is 336 g/mol. The van der Waals surface area contributed by atoms with Gasteiger partial charge in [-0.1, -0.05) is 36.3 Å². The molecule has 4 rings (SSSR count). The summed E-state index contributed by atoms with van der Waals surface area (Å²) >= 11 is 1.40. The highest BCUT2D eigenvalue weighted by atomic mass is 32.1. The van der Waals surface area contributed by atoms with Crippen LogP contribution in [0, 0.1) is 5.92 Å². The second-order valence-electron chi connectivity index (χ2n) is 6.80. The monoisotopic (exact) mass is 358 g/mol. The highest BCUT2D eigenvalue weighted by Gasteiger charge is 2.24. The molecule has 7 heteroatoms. The second kappa shape index (κ2) is 6.63. The van der Waals surface area contributed by atoms with Crippen LogP contribution in [0.1, 0.15) is 42.5 Å². The van der Waals surface area contributed by atoms with Gasteiger partial charge in [0.05, 0.1) is 12.7 Å². The van der Waals surface area contributed by atoms with E-state index in [1.165, 1.54) is 41.2 Å². The maximum atomic E-state index is 12.5. The first-order valence-corrected chi connectivity index (χ1v) is 9.61. The molecule has 0 radical (unpaired) electrons. The molecule has 0 fully saturated rings. The molecule has 0 bridgehead atoms. The normalized spacial score (nSPS) is 17.0. The van der Waals surface area contributed by atoms with Gasteiger partial charge in [-0.15, -0.1) is 0 Å². The minimum Gasteiger partial charge on any atom is -0.359 e. The Labute approximate surface area is 150 Å². The summed E-state index contributed by atoms with van der Waals surface area (Å²) in [7, 11) is 1.87. The SMILES string of the molecule is CCC[C@H]1CCc2c(sc(=O)n2Cc2cc(-c3cnn(C)c3)no2)C1. The molecule has 0 unspecified atom stereocenters. The minimum absolute atomic E-state index is 0.112. The van der Waals surface area contributed by atoms with Gasteiger partial charge in [0, 0.05) is 35.4 Å². The summed E-state index contributed by atoms with van der Waals surface area (Å²) in [5.74, 6) is 1.43. The molecule has 0 N–H and O–H groups in total. The number of hydrogen-bond donors (Lipinski definition) is 0. The van der Waals surface area contributed by atoms with Crippen molar-refractivity contribution in [1.29, 1.82) is 0 Å². The molecule has 1 aliphatic rings. The molecule has 0 aromatic carbocycles. The van der Waals surface area contributed by atoms with E-state index in [0.29, 0.717) is 12.3 Å². The van der Waals surface area contributed by atoms with E-state index >= 15 is 0 Å². The standard InChI is InChI=1S/C18H22N4O2S/c1-3-4-12-5-6-16-17(7-12)25-18(23)22(16)11-14-8-15(20-24-14)13-9-19-21(2)10-13/h8-10,12H,3-7,11H2,1-2H3/t12-/m0/s1. The summed E-state index contributed by atoms with van der Waals surface area (Å²) < 4.78 is 9.07. The molecule has 3 aromatic rings. The smallest absolute Gasteiger partial charge is 0.307 e. The van der Waals surface area contributed by atoms with Crippen molar-refractivity contribution in [3.63, 3.8) is 0 Å². The maximum absolute atomic E-state index is 12.5. The molecule has 3 aromatic heterocycles. The van der Waals surface area contributed by atoms with Gasteiger partial charge in [0.2, 0.25) is 0 Å². The fourth-order valence-electron chi connectivity index (χ4n) is 3.67. The number of hydrogen-bond acceptors (Lipinski definition) is 5. The van der Waals surface area contributed by atoms with Crippen LogP contribution in [0.5, 0.6) is 0 Å². The van der Waals surface area contributed by atoms with Crippen LogP contribution >= 0.6 is 11.3 Å². The van der Waals surface area contributed by atoms with Crippen LogP contribution in [0.15, 0.2) is 27.8 Å². The van der Waals surface area contributed by atoms with Crippen molar-refractivity contribution < 1.29 is 4.52 Å². The molecule has 6 nitrogen and oxygen atoms in total. The van der Waals surface area contributed by atoms with Crippen LogP contribution < -0.4 is 4.87 Å². The van der Waals surface area contributed by atoms with Gasteiger partial charge in [-0.3, -0.25) is 14.0 Å². The van der Waals surface area contributed by atoms with Crippen LogP contribution in [0.25, 0.3) is 11.3 Å². The van der Waals surface area contributed by atoms with Gasteiger partial charge in [0.15, 0.2) is 5.76 Å². The zero-order valence-electron chi connectivity index (χ0n) is 14.6. The van der Waals surface area contributed by atoms with Crippen LogP contribution in [-0.4, -0.2) is 19.5 Å². The zero-order chi connectivity index (χ0) is 17.4. The first kappa shape index (κ1) is 16.3. The Kier molecular flexibility index (Phi) is 4.33. The molecule has 0 saturated carbocycles. The third kappa shape index (κ3) is 3.20. The first-order valence-electron chi connectivity index (χ1n) is 8.80. The lowest BCUT2D eigenvalue weighted by Gasteiger charge is -2.22. The number of aromatic nitrogens is 4. The van der Waals surface area contributed by atoms with Gasteiger partial charge >= 0.3 is 4.87 Å². The number of nitrogens with zero attached hydrogens (tertiary/aromatic N) is 4. The van der Waals surface area contributed by atoms with E-state index in [1.54, 1.807) is 10.9 Å². The van der Waals surface area contributed by atoms with Crippen molar-refractivity contribution in [2.75, 3.05) is 0 Å². The summed E-state index contributed by atoms with van der Waals surface area (Å²) in [5.41, 5.74) is 2.87. The lowest BCUT2D eigenvalue weighted by Crippen LogP contribution is -2.20. The van der Waals surface area contributed by atoms with E-state index in [1.807, 2.05) is 23.9 Å². The fraction of sp³-hybridized carbons (Fsp3) is 0.500. The third-order valence-corrected chi connectivity index (χ3v) is 5.96. The molecule has 3 heterocycles. The van der Waals surface area contributed by atoms with Crippen LogP contribution in [0.2, 0.25) is 0 Å². The summed E-state index contributed by atoms with van der Waals surface area (Å²) in [4.78, 5) is 13.8. The summed E-state index contributed by atoms with van der Waals surface area (Å²) in [6.45, 7) is 2.68. The van der Waals surface area contributed by atoms with Crippen molar-refractivity contribution in [1.82, 2.24) is 19.5 Å². The van der Waals surface area contributed by atoms with Crippen LogP contribution in [-0.2, 0) is 26.4 Å². The van der Waals surface area contributed by atoms with Gasteiger partial charge < -0.3 is 4.52 Å². The Hall–Kier alpha value is -2.15. The van der Waals surface area contributed by atoms with Crippen molar-refractivity contribution in [2.45, 2.75) is 45.6 Å². The number of fused-ring (bicyclic) bond motifs is 1. The zero-order valence-corrected chi connectivity index (χ0v) is 15.4. The summed E-state index contributed by atoms with van der Waals surface area (Å²) in [6, 6.07) is 1.90. The molecule has 132 valence electrons. The van der Waals surface area contributed by atoms with Gasteiger partial charge in [-0.25, -0.2) is 0 Å². The number of aryl methyl sites for hydroxylation is 1. The quantitative estimate of drug-likeness (QED) is 0.702. The van der Waals surface area contributed by atoms with E-state index < -0.39 is 0 Å². The average Bonchev–Trinajstić information content (AvgIpc) is 3.28. The third-order valence-electron chi connectivity index (χ3n) is 4.91. The molecule has 0 aliphatic heterocycles. The van der Waals surface area contributed by atoms with Crippen LogP contribution in [0.3, 0.4) is 0 Å². The lowest BCUT2D eigenvalue weighted by atomic mass is 9.88.